The van der Waals surface area contributed by atoms with Gasteiger partial charge in [0.1, 0.15) is 11.3 Å². The van der Waals surface area contributed by atoms with Crippen LogP contribution in [0.3, 0.4) is 0 Å². The zero-order chi connectivity index (χ0) is 18.3. The van der Waals surface area contributed by atoms with Gasteiger partial charge in [-0.2, -0.15) is 0 Å². The molecule has 4 nitrogen and oxygen atoms in total. The minimum Gasteiger partial charge on any atom is -0.368 e. The monoisotopic (exact) mass is 354 g/mol. The number of hydrogen-bond acceptors (Lipinski definition) is 3. The van der Waals surface area contributed by atoms with Crippen molar-refractivity contribution in [3.63, 3.8) is 0 Å². The molecule has 0 bridgehead atoms. The highest BCUT2D eigenvalue weighted by molar-refractivity contribution is 5.68. The fraction of sp³-hybridized carbons (Fsp3) is 0.476. The van der Waals surface area contributed by atoms with E-state index in [0.29, 0.717) is 23.6 Å². The fourth-order valence-corrected chi connectivity index (χ4v) is 4.23. The number of aromatic amines is 1. The topological polar surface area (TPSA) is 43.4 Å². The predicted molar refractivity (Wildman–Crippen MR) is 103 cm³/mol. The summed E-state index contributed by atoms with van der Waals surface area (Å²) in [6.07, 6.45) is 2.93. The third-order valence-corrected chi connectivity index (χ3v) is 5.65. The second-order valence-corrected chi connectivity index (χ2v) is 7.67. The number of hydrogen-bond donors (Lipinski definition) is 2. The Labute approximate surface area is 153 Å². The van der Waals surface area contributed by atoms with E-state index >= 15 is 0 Å². The Morgan fingerprint density at radius 3 is 2.77 bits per heavy atom. The smallest absolute Gasteiger partial charge is 0.134 e. The Morgan fingerprint density at radius 1 is 1.15 bits per heavy atom. The molecule has 3 heterocycles. The van der Waals surface area contributed by atoms with E-state index < -0.39 is 0 Å². The van der Waals surface area contributed by atoms with E-state index in [4.69, 9.17) is 4.99 Å². The Bertz CT molecular complexity index is 916. The predicted octanol–water partition coefficient (Wildman–Crippen LogP) is 2.27. The summed E-state index contributed by atoms with van der Waals surface area (Å²) in [4.78, 5) is 10.6. The second kappa shape index (κ2) is 6.88. The summed E-state index contributed by atoms with van der Waals surface area (Å²) in [5.41, 5.74) is 3.76. The summed E-state index contributed by atoms with van der Waals surface area (Å²) in [5.74, 6) is 0.196. The van der Waals surface area contributed by atoms with Gasteiger partial charge >= 0.3 is 0 Å². The zero-order valence-corrected chi connectivity index (χ0v) is 15.7. The van der Waals surface area contributed by atoms with Gasteiger partial charge in [-0.1, -0.05) is 25.1 Å². The molecule has 0 spiro atoms. The molecule has 2 aromatic rings. The van der Waals surface area contributed by atoms with Crippen molar-refractivity contribution in [3.8, 4) is 11.1 Å². The van der Waals surface area contributed by atoms with Crippen LogP contribution in [0.2, 0.25) is 0 Å². The Kier molecular flexibility index (Phi) is 4.57. The number of nitrogens with one attached hydrogen (secondary N) is 2. The van der Waals surface area contributed by atoms with Crippen molar-refractivity contribution >= 4 is 5.70 Å². The molecule has 2 aliphatic heterocycles. The maximum absolute atomic E-state index is 14.6. The van der Waals surface area contributed by atoms with Gasteiger partial charge in [0, 0.05) is 60.0 Å². The molecule has 4 rings (SSSR count). The van der Waals surface area contributed by atoms with Crippen LogP contribution in [0.4, 0.5) is 4.39 Å². The highest BCUT2D eigenvalue weighted by atomic mass is 19.1. The van der Waals surface area contributed by atoms with Crippen molar-refractivity contribution < 1.29 is 4.39 Å². The van der Waals surface area contributed by atoms with E-state index in [0.717, 1.165) is 42.3 Å². The lowest BCUT2D eigenvalue weighted by atomic mass is 9.95. The molecule has 0 saturated carbocycles. The molecule has 5 heteroatoms. The van der Waals surface area contributed by atoms with Gasteiger partial charge in [-0.3, -0.25) is 4.99 Å². The number of nitrogens with zero attached hydrogens (tertiary/aromatic N) is 2. The SMILES string of the molecule is CC1CCN=c2[nH]cc(-c3ccccc3F)c2=C1N1C[C@@H](C)NC[C@@H]1C. The van der Waals surface area contributed by atoms with E-state index in [9.17, 15) is 4.39 Å². The van der Waals surface area contributed by atoms with Crippen LogP contribution in [0.1, 0.15) is 27.2 Å². The number of H-pyrrole nitrogens is 1. The van der Waals surface area contributed by atoms with E-state index in [2.05, 4.69) is 36.0 Å². The van der Waals surface area contributed by atoms with Crippen molar-refractivity contribution in [1.29, 1.82) is 0 Å². The van der Waals surface area contributed by atoms with Gasteiger partial charge in [0.25, 0.3) is 0 Å². The first kappa shape index (κ1) is 17.3. The lowest BCUT2D eigenvalue weighted by Gasteiger charge is -2.42. The molecular formula is C21H27FN4. The first-order chi connectivity index (χ1) is 12.6. The molecule has 1 saturated heterocycles. The summed E-state index contributed by atoms with van der Waals surface area (Å²) in [6, 6.07) is 7.85. The van der Waals surface area contributed by atoms with Gasteiger partial charge in [0.2, 0.25) is 0 Å². The summed E-state index contributed by atoms with van der Waals surface area (Å²) < 4.78 is 14.6. The molecule has 2 aliphatic rings. The van der Waals surface area contributed by atoms with Crippen molar-refractivity contribution in [2.24, 2.45) is 10.9 Å². The minimum absolute atomic E-state index is 0.188. The highest BCUT2D eigenvalue weighted by Gasteiger charge is 2.29. The van der Waals surface area contributed by atoms with Crippen LogP contribution in [0, 0.1) is 11.7 Å². The van der Waals surface area contributed by atoms with Crippen molar-refractivity contribution in [2.75, 3.05) is 19.6 Å². The molecule has 138 valence electrons. The van der Waals surface area contributed by atoms with E-state index in [1.165, 1.54) is 11.8 Å². The van der Waals surface area contributed by atoms with Crippen molar-refractivity contribution in [3.05, 3.63) is 47.0 Å². The minimum atomic E-state index is -0.188. The number of fused-ring (bicyclic) bond motifs is 1. The van der Waals surface area contributed by atoms with Crippen molar-refractivity contribution in [2.45, 2.75) is 39.3 Å². The van der Waals surface area contributed by atoms with E-state index in [1.807, 2.05) is 18.3 Å². The maximum Gasteiger partial charge on any atom is 0.134 e. The molecule has 2 N–H and O–H groups in total. The van der Waals surface area contributed by atoms with Crippen molar-refractivity contribution in [1.82, 2.24) is 15.2 Å². The third kappa shape index (κ3) is 2.94. The summed E-state index contributed by atoms with van der Waals surface area (Å²) in [5, 5.41) is 4.64. The summed E-state index contributed by atoms with van der Waals surface area (Å²) in [6.45, 7) is 9.48. The number of rotatable bonds is 2. The van der Waals surface area contributed by atoms with Crippen LogP contribution in [-0.2, 0) is 0 Å². The van der Waals surface area contributed by atoms with E-state index in [-0.39, 0.29) is 5.82 Å². The van der Waals surface area contributed by atoms with Crippen LogP contribution in [-0.4, -0.2) is 41.6 Å². The average molecular weight is 354 g/mol. The summed E-state index contributed by atoms with van der Waals surface area (Å²) in [7, 11) is 0. The molecule has 26 heavy (non-hydrogen) atoms. The lowest BCUT2D eigenvalue weighted by Crippen LogP contribution is -2.55. The third-order valence-electron chi connectivity index (χ3n) is 5.65. The van der Waals surface area contributed by atoms with Crippen LogP contribution in [0.5, 0.6) is 0 Å². The molecule has 1 fully saturated rings. The van der Waals surface area contributed by atoms with E-state index in [1.54, 1.807) is 6.07 Å². The zero-order valence-electron chi connectivity index (χ0n) is 15.7. The Balaban J connectivity index is 2.00. The molecule has 1 aromatic heterocycles. The molecule has 0 amide bonds. The molecule has 0 aliphatic carbocycles. The normalized spacial score (nSPS) is 26.2. The summed E-state index contributed by atoms with van der Waals surface area (Å²) >= 11 is 0. The number of aromatic nitrogens is 1. The molecular weight excluding hydrogens is 327 g/mol. The molecule has 1 aromatic carbocycles. The van der Waals surface area contributed by atoms with Gasteiger partial charge < -0.3 is 15.2 Å². The quantitative estimate of drug-likeness (QED) is 0.869. The van der Waals surface area contributed by atoms with Crippen LogP contribution >= 0.6 is 0 Å². The van der Waals surface area contributed by atoms with Gasteiger partial charge in [-0.05, 0) is 32.3 Å². The molecule has 1 unspecified atom stereocenters. The van der Waals surface area contributed by atoms with Crippen LogP contribution < -0.4 is 16.0 Å². The first-order valence-electron chi connectivity index (χ1n) is 9.57. The molecule has 3 atom stereocenters. The standard InChI is InChI=1S/C21H27FN4/c1-13-8-9-23-21-19(20(13)26-12-14(2)24-10-15(26)3)17(11-25-21)16-6-4-5-7-18(16)22/h4-7,11,13-15,24H,8-10,12H2,1-3H3,(H,23,25)/t13?,14-,15+/m1/s1. The number of halogens is 1. The molecule has 0 radical (unpaired) electrons. The van der Waals surface area contributed by atoms with Gasteiger partial charge in [-0.15, -0.1) is 0 Å². The van der Waals surface area contributed by atoms with Crippen LogP contribution in [0.15, 0.2) is 35.5 Å². The second-order valence-electron chi connectivity index (χ2n) is 7.67. The van der Waals surface area contributed by atoms with Gasteiger partial charge in [0.05, 0.1) is 0 Å². The first-order valence-corrected chi connectivity index (χ1v) is 9.57. The maximum atomic E-state index is 14.6. The Morgan fingerprint density at radius 2 is 1.96 bits per heavy atom. The lowest BCUT2D eigenvalue weighted by molar-refractivity contribution is 0.207. The van der Waals surface area contributed by atoms with Gasteiger partial charge in [0.15, 0.2) is 0 Å². The fourth-order valence-electron chi connectivity index (χ4n) is 4.23. The number of piperazine rings is 1. The highest BCUT2D eigenvalue weighted by Crippen LogP contribution is 2.27. The number of benzene rings is 1. The Hall–Kier alpha value is -2.14. The van der Waals surface area contributed by atoms with Gasteiger partial charge in [-0.25, -0.2) is 4.39 Å². The largest absolute Gasteiger partial charge is 0.368 e. The van der Waals surface area contributed by atoms with Crippen LogP contribution in [0.25, 0.3) is 16.8 Å². The average Bonchev–Trinajstić information content (AvgIpc) is 2.94.